The molecule has 0 aliphatic carbocycles. The van der Waals surface area contributed by atoms with Crippen molar-refractivity contribution in [3.63, 3.8) is 0 Å². The Morgan fingerprint density at radius 2 is 1.77 bits per heavy atom. The number of piperazine rings is 1. The van der Waals surface area contributed by atoms with Crippen molar-refractivity contribution in [3.05, 3.63) is 60.2 Å². The zero-order chi connectivity index (χ0) is 21.6. The summed E-state index contributed by atoms with van der Waals surface area (Å²) < 4.78 is 13.2. The average molecular weight is 426 g/mol. The highest BCUT2D eigenvalue weighted by atomic mass is 19.1. The van der Waals surface area contributed by atoms with Gasteiger partial charge in [0.15, 0.2) is 0 Å². The molecule has 1 amide bonds. The first-order chi connectivity index (χ1) is 15.1. The minimum absolute atomic E-state index is 0.194. The third kappa shape index (κ3) is 5.80. The van der Waals surface area contributed by atoms with Gasteiger partial charge in [-0.05, 0) is 61.9 Å². The second-order valence-corrected chi connectivity index (χ2v) is 8.66. The van der Waals surface area contributed by atoms with Crippen LogP contribution in [0.3, 0.4) is 0 Å². The van der Waals surface area contributed by atoms with Crippen LogP contribution < -0.4 is 4.90 Å². The second-order valence-electron chi connectivity index (χ2n) is 8.66. The van der Waals surface area contributed by atoms with Crippen molar-refractivity contribution in [1.29, 1.82) is 0 Å². The van der Waals surface area contributed by atoms with Gasteiger partial charge in [-0.3, -0.25) is 19.6 Å². The summed E-state index contributed by atoms with van der Waals surface area (Å²) in [6, 6.07) is 11.2. The van der Waals surface area contributed by atoms with Crippen LogP contribution in [0.15, 0.2) is 48.8 Å². The molecule has 6 nitrogen and oxygen atoms in total. The Hall–Kier alpha value is -2.51. The molecular weight excluding hydrogens is 393 g/mol. The number of likely N-dealkylation sites (N-methyl/N-ethyl adjacent to an activating group) is 1. The van der Waals surface area contributed by atoms with Gasteiger partial charge < -0.3 is 9.80 Å². The number of pyridine rings is 1. The van der Waals surface area contributed by atoms with Gasteiger partial charge in [-0.1, -0.05) is 0 Å². The topological polar surface area (TPSA) is 42.9 Å². The van der Waals surface area contributed by atoms with E-state index in [4.69, 9.17) is 0 Å². The highest BCUT2D eigenvalue weighted by Gasteiger charge is 2.30. The van der Waals surface area contributed by atoms with Gasteiger partial charge in [0.05, 0.1) is 6.54 Å². The first kappa shape index (κ1) is 21.7. The fourth-order valence-corrected chi connectivity index (χ4v) is 4.66. The minimum atomic E-state index is -0.194. The first-order valence-electron chi connectivity index (χ1n) is 11.2. The molecule has 1 aromatic carbocycles. The van der Waals surface area contributed by atoms with E-state index in [9.17, 15) is 9.18 Å². The van der Waals surface area contributed by atoms with Crippen LogP contribution in [0, 0.1) is 5.82 Å². The largest absolute Gasteiger partial charge is 0.369 e. The predicted molar refractivity (Wildman–Crippen MR) is 120 cm³/mol. The SMILES string of the molecule is CN(CC(=O)N1CCCC(N2CCN(c3ccc(F)cc3)CC2)C1)Cc1ccncc1. The number of anilines is 1. The summed E-state index contributed by atoms with van der Waals surface area (Å²) in [5.74, 6) is 0.0203. The number of nitrogens with zero attached hydrogens (tertiary/aromatic N) is 5. The molecule has 0 N–H and O–H groups in total. The van der Waals surface area contributed by atoms with Crippen molar-refractivity contribution in [3.8, 4) is 0 Å². The normalized spacial score (nSPS) is 20.3. The molecule has 2 saturated heterocycles. The standard InChI is InChI=1S/C24H32FN5O/c1-27(17-20-8-10-26-11-9-20)19-24(31)30-12-2-3-23(18-30)29-15-13-28(14-16-29)22-6-4-21(25)5-7-22/h4-11,23H,2-3,12-19H2,1H3. The van der Waals surface area contributed by atoms with Crippen LogP contribution in [0.5, 0.6) is 0 Å². The van der Waals surface area contributed by atoms with E-state index in [0.29, 0.717) is 12.6 Å². The maximum atomic E-state index is 13.2. The van der Waals surface area contributed by atoms with Crippen LogP contribution in [0.1, 0.15) is 18.4 Å². The van der Waals surface area contributed by atoms with E-state index in [1.54, 1.807) is 12.4 Å². The summed E-state index contributed by atoms with van der Waals surface area (Å²) in [4.78, 5) is 25.9. The van der Waals surface area contributed by atoms with E-state index in [2.05, 4.69) is 19.7 Å². The summed E-state index contributed by atoms with van der Waals surface area (Å²) in [6.45, 7) is 6.68. The lowest BCUT2D eigenvalue weighted by atomic mass is 10.0. The van der Waals surface area contributed by atoms with Crippen molar-refractivity contribution >= 4 is 11.6 Å². The predicted octanol–water partition coefficient (Wildman–Crippen LogP) is 2.47. The molecule has 1 atom stereocenters. The third-order valence-corrected chi connectivity index (χ3v) is 6.38. The number of amides is 1. The molecule has 3 heterocycles. The van der Waals surface area contributed by atoms with E-state index in [1.165, 1.54) is 17.7 Å². The molecule has 2 aromatic rings. The number of benzene rings is 1. The van der Waals surface area contributed by atoms with Gasteiger partial charge >= 0.3 is 0 Å². The van der Waals surface area contributed by atoms with Crippen molar-refractivity contribution in [1.82, 2.24) is 19.7 Å². The Kier molecular flexibility index (Phi) is 7.14. The Morgan fingerprint density at radius 3 is 2.48 bits per heavy atom. The lowest BCUT2D eigenvalue weighted by Crippen LogP contribution is -2.56. The van der Waals surface area contributed by atoms with Gasteiger partial charge in [0.25, 0.3) is 0 Å². The van der Waals surface area contributed by atoms with Crippen LogP contribution >= 0.6 is 0 Å². The van der Waals surface area contributed by atoms with Crippen LogP contribution in [0.25, 0.3) is 0 Å². The summed E-state index contributed by atoms with van der Waals surface area (Å²) in [5, 5.41) is 0. The minimum Gasteiger partial charge on any atom is -0.369 e. The molecule has 0 radical (unpaired) electrons. The van der Waals surface area contributed by atoms with Crippen molar-refractivity contribution in [2.45, 2.75) is 25.4 Å². The van der Waals surface area contributed by atoms with E-state index >= 15 is 0 Å². The molecule has 7 heteroatoms. The smallest absolute Gasteiger partial charge is 0.236 e. The second kappa shape index (κ2) is 10.2. The Bertz CT molecular complexity index is 839. The third-order valence-electron chi connectivity index (χ3n) is 6.38. The summed E-state index contributed by atoms with van der Waals surface area (Å²) in [7, 11) is 1.99. The molecule has 0 spiro atoms. The number of hydrogen-bond acceptors (Lipinski definition) is 5. The molecule has 0 bridgehead atoms. The zero-order valence-corrected chi connectivity index (χ0v) is 18.3. The van der Waals surface area contributed by atoms with Gasteiger partial charge in [0.1, 0.15) is 5.82 Å². The Morgan fingerprint density at radius 1 is 1.06 bits per heavy atom. The molecule has 1 unspecified atom stereocenters. The van der Waals surface area contributed by atoms with E-state index in [0.717, 1.165) is 64.3 Å². The number of carbonyl (C=O) groups is 1. The molecular formula is C24H32FN5O. The quantitative estimate of drug-likeness (QED) is 0.711. The van der Waals surface area contributed by atoms with Crippen LogP contribution in [0.4, 0.5) is 10.1 Å². The van der Waals surface area contributed by atoms with Crippen molar-refractivity contribution in [2.75, 3.05) is 57.8 Å². The van der Waals surface area contributed by atoms with Crippen LogP contribution in [-0.4, -0.2) is 84.5 Å². The lowest BCUT2D eigenvalue weighted by Gasteiger charge is -2.44. The Labute approximate surface area is 184 Å². The van der Waals surface area contributed by atoms with Crippen molar-refractivity contribution < 1.29 is 9.18 Å². The molecule has 166 valence electrons. The number of hydrogen-bond donors (Lipinski definition) is 0. The molecule has 0 saturated carbocycles. The molecule has 4 rings (SSSR count). The maximum absolute atomic E-state index is 13.2. The number of carbonyl (C=O) groups excluding carboxylic acids is 1. The summed E-state index contributed by atoms with van der Waals surface area (Å²) >= 11 is 0. The fourth-order valence-electron chi connectivity index (χ4n) is 4.66. The maximum Gasteiger partial charge on any atom is 0.236 e. The fraction of sp³-hybridized carbons (Fsp3) is 0.500. The van der Waals surface area contributed by atoms with E-state index in [1.807, 2.05) is 36.2 Å². The monoisotopic (exact) mass is 425 g/mol. The Balaban J connectivity index is 1.25. The van der Waals surface area contributed by atoms with Gasteiger partial charge in [0, 0.05) is 69.9 Å². The van der Waals surface area contributed by atoms with Crippen molar-refractivity contribution in [2.24, 2.45) is 0 Å². The lowest BCUT2D eigenvalue weighted by molar-refractivity contribution is -0.134. The van der Waals surface area contributed by atoms with Crippen LogP contribution in [0.2, 0.25) is 0 Å². The number of piperidine rings is 1. The molecule has 2 aliphatic rings. The molecule has 1 aromatic heterocycles. The average Bonchev–Trinajstić information content (AvgIpc) is 2.80. The zero-order valence-electron chi connectivity index (χ0n) is 18.3. The number of rotatable bonds is 6. The number of likely N-dealkylation sites (tertiary alicyclic amines) is 1. The molecule has 31 heavy (non-hydrogen) atoms. The first-order valence-corrected chi connectivity index (χ1v) is 11.2. The van der Waals surface area contributed by atoms with Gasteiger partial charge in [-0.2, -0.15) is 0 Å². The number of halogens is 1. The highest BCUT2D eigenvalue weighted by Crippen LogP contribution is 2.21. The number of aromatic nitrogens is 1. The van der Waals surface area contributed by atoms with E-state index in [-0.39, 0.29) is 11.7 Å². The van der Waals surface area contributed by atoms with Gasteiger partial charge in [-0.25, -0.2) is 4.39 Å². The van der Waals surface area contributed by atoms with Gasteiger partial charge in [0.2, 0.25) is 5.91 Å². The van der Waals surface area contributed by atoms with Crippen LogP contribution in [-0.2, 0) is 11.3 Å². The molecule has 2 aliphatic heterocycles. The van der Waals surface area contributed by atoms with E-state index < -0.39 is 0 Å². The van der Waals surface area contributed by atoms with Gasteiger partial charge in [-0.15, -0.1) is 0 Å². The summed E-state index contributed by atoms with van der Waals surface area (Å²) in [6.07, 6.45) is 5.78. The molecule has 2 fully saturated rings. The highest BCUT2D eigenvalue weighted by molar-refractivity contribution is 5.78. The summed E-state index contributed by atoms with van der Waals surface area (Å²) in [5.41, 5.74) is 2.25.